The molecule has 0 aliphatic carbocycles. The van der Waals surface area contributed by atoms with Crippen LogP contribution in [0.25, 0.3) is 10.9 Å². The molecule has 0 spiro atoms. The van der Waals surface area contributed by atoms with Crippen LogP contribution in [0.2, 0.25) is 0 Å². The lowest BCUT2D eigenvalue weighted by molar-refractivity contribution is -0.122. The number of rotatable bonds is 3. The minimum absolute atomic E-state index is 0.0852. The van der Waals surface area contributed by atoms with E-state index in [9.17, 15) is 14.0 Å². The van der Waals surface area contributed by atoms with E-state index in [4.69, 9.17) is 0 Å². The van der Waals surface area contributed by atoms with E-state index in [0.717, 1.165) is 0 Å². The second kappa shape index (κ2) is 5.44. The third-order valence-electron chi connectivity index (χ3n) is 4.07. The minimum Gasteiger partial charge on any atom is -0.309 e. The molecular formula is C15H13FN6O2. The van der Waals surface area contributed by atoms with Gasteiger partial charge in [0.05, 0.1) is 28.7 Å². The topological polar surface area (TPSA) is 107 Å². The number of fused-ring (bicyclic) bond motifs is 1. The Morgan fingerprint density at radius 1 is 1.42 bits per heavy atom. The van der Waals surface area contributed by atoms with E-state index in [1.807, 2.05) is 0 Å². The number of amides is 2. The predicted octanol–water partition coefficient (Wildman–Crippen LogP) is 1.42. The highest BCUT2D eigenvalue weighted by atomic mass is 19.1. The summed E-state index contributed by atoms with van der Waals surface area (Å²) in [6, 6.07) is 4.52. The highest BCUT2D eigenvalue weighted by Crippen LogP contribution is 2.27. The lowest BCUT2D eigenvalue weighted by Gasteiger charge is -2.13. The van der Waals surface area contributed by atoms with Gasteiger partial charge in [0, 0.05) is 19.2 Å². The molecule has 3 N–H and O–H groups in total. The van der Waals surface area contributed by atoms with Crippen molar-refractivity contribution < 1.29 is 14.0 Å². The Labute approximate surface area is 135 Å². The van der Waals surface area contributed by atoms with E-state index in [1.54, 1.807) is 18.3 Å². The molecule has 0 bridgehead atoms. The lowest BCUT2D eigenvalue weighted by atomic mass is 10.1. The Balaban J connectivity index is 1.53. The number of nitrogens with zero attached hydrogens (tertiary/aromatic N) is 3. The summed E-state index contributed by atoms with van der Waals surface area (Å²) in [7, 11) is 0. The van der Waals surface area contributed by atoms with Crippen molar-refractivity contribution in [2.24, 2.45) is 5.92 Å². The molecule has 2 amide bonds. The summed E-state index contributed by atoms with van der Waals surface area (Å²) in [6.07, 6.45) is 3.20. The van der Waals surface area contributed by atoms with Gasteiger partial charge in [0.1, 0.15) is 5.82 Å². The van der Waals surface area contributed by atoms with Crippen molar-refractivity contribution in [3.63, 3.8) is 0 Å². The number of nitrogens with one attached hydrogen (secondary N) is 3. The zero-order valence-corrected chi connectivity index (χ0v) is 12.4. The van der Waals surface area contributed by atoms with Gasteiger partial charge in [-0.2, -0.15) is 10.2 Å². The van der Waals surface area contributed by atoms with E-state index < -0.39 is 11.7 Å². The Bertz CT molecular complexity index is 919. The maximum atomic E-state index is 13.9. The largest absolute Gasteiger partial charge is 0.309 e. The molecule has 9 heteroatoms. The fourth-order valence-electron chi connectivity index (χ4n) is 2.86. The SMILES string of the molecule is O=C(Nc1n[nH]c2cccc(F)c12)[C@@H]1CC(=O)N(c2cn[nH]c2)C1. The van der Waals surface area contributed by atoms with E-state index in [1.165, 1.54) is 17.2 Å². The van der Waals surface area contributed by atoms with Crippen LogP contribution in [0.3, 0.4) is 0 Å². The van der Waals surface area contributed by atoms with Gasteiger partial charge in [-0.15, -0.1) is 0 Å². The van der Waals surface area contributed by atoms with Crippen molar-refractivity contribution in [2.45, 2.75) is 6.42 Å². The number of anilines is 2. The first-order chi connectivity index (χ1) is 11.6. The van der Waals surface area contributed by atoms with Crippen LogP contribution in [0.15, 0.2) is 30.6 Å². The van der Waals surface area contributed by atoms with Crippen molar-refractivity contribution in [1.29, 1.82) is 0 Å². The summed E-state index contributed by atoms with van der Waals surface area (Å²) in [5.41, 5.74) is 1.11. The number of carbonyl (C=O) groups is 2. The molecule has 24 heavy (non-hydrogen) atoms. The lowest BCUT2D eigenvalue weighted by Crippen LogP contribution is -2.28. The normalized spacial score (nSPS) is 17.6. The Morgan fingerprint density at radius 2 is 2.29 bits per heavy atom. The number of halogens is 1. The van der Waals surface area contributed by atoms with Crippen LogP contribution in [0.1, 0.15) is 6.42 Å². The van der Waals surface area contributed by atoms with Gasteiger partial charge in [-0.3, -0.25) is 19.8 Å². The molecule has 0 saturated carbocycles. The molecule has 3 heterocycles. The molecule has 1 aromatic carbocycles. The van der Waals surface area contributed by atoms with Gasteiger partial charge in [-0.25, -0.2) is 4.39 Å². The molecule has 1 atom stereocenters. The number of H-pyrrole nitrogens is 2. The van der Waals surface area contributed by atoms with E-state index in [0.29, 0.717) is 11.2 Å². The minimum atomic E-state index is -0.536. The number of carbonyl (C=O) groups excluding carboxylic acids is 2. The Kier molecular flexibility index (Phi) is 3.26. The van der Waals surface area contributed by atoms with Gasteiger partial charge in [0.15, 0.2) is 5.82 Å². The number of hydrogen-bond acceptors (Lipinski definition) is 4. The van der Waals surface area contributed by atoms with Gasteiger partial charge in [-0.05, 0) is 12.1 Å². The third kappa shape index (κ3) is 2.30. The van der Waals surface area contributed by atoms with Crippen LogP contribution >= 0.6 is 0 Å². The monoisotopic (exact) mass is 328 g/mol. The second-order valence-electron chi connectivity index (χ2n) is 5.59. The van der Waals surface area contributed by atoms with Crippen molar-refractivity contribution >= 4 is 34.2 Å². The quantitative estimate of drug-likeness (QED) is 0.676. The van der Waals surface area contributed by atoms with Crippen LogP contribution in [0, 0.1) is 11.7 Å². The summed E-state index contributed by atoms with van der Waals surface area (Å²) in [6.45, 7) is 0.245. The number of aromatic nitrogens is 4. The molecule has 0 radical (unpaired) electrons. The van der Waals surface area contributed by atoms with E-state index in [-0.39, 0.29) is 36.0 Å². The highest BCUT2D eigenvalue weighted by Gasteiger charge is 2.36. The van der Waals surface area contributed by atoms with Gasteiger partial charge in [0.25, 0.3) is 0 Å². The van der Waals surface area contributed by atoms with E-state index in [2.05, 4.69) is 25.7 Å². The molecule has 0 unspecified atom stereocenters. The summed E-state index contributed by atoms with van der Waals surface area (Å²) in [4.78, 5) is 26.0. The number of hydrogen-bond donors (Lipinski definition) is 3. The zero-order valence-electron chi connectivity index (χ0n) is 12.4. The number of benzene rings is 1. The smallest absolute Gasteiger partial charge is 0.231 e. The number of aromatic amines is 2. The van der Waals surface area contributed by atoms with Crippen LogP contribution in [0.5, 0.6) is 0 Å². The van der Waals surface area contributed by atoms with Crippen molar-refractivity contribution in [3.05, 3.63) is 36.4 Å². The van der Waals surface area contributed by atoms with Gasteiger partial charge < -0.3 is 10.2 Å². The second-order valence-corrected chi connectivity index (χ2v) is 5.59. The van der Waals surface area contributed by atoms with Crippen LogP contribution < -0.4 is 10.2 Å². The molecule has 2 aromatic heterocycles. The van der Waals surface area contributed by atoms with Crippen LogP contribution in [0.4, 0.5) is 15.9 Å². The fourth-order valence-corrected chi connectivity index (χ4v) is 2.86. The summed E-state index contributed by atoms with van der Waals surface area (Å²) in [5.74, 6) is -1.41. The van der Waals surface area contributed by atoms with Crippen molar-refractivity contribution in [1.82, 2.24) is 20.4 Å². The molecule has 1 saturated heterocycles. The van der Waals surface area contributed by atoms with Gasteiger partial charge in [0.2, 0.25) is 11.8 Å². The maximum absolute atomic E-state index is 13.9. The van der Waals surface area contributed by atoms with Crippen LogP contribution in [-0.4, -0.2) is 38.8 Å². The van der Waals surface area contributed by atoms with E-state index >= 15 is 0 Å². The first-order valence-corrected chi connectivity index (χ1v) is 7.36. The molecule has 8 nitrogen and oxygen atoms in total. The summed E-state index contributed by atoms with van der Waals surface area (Å²) in [5, 5.41) is 15.9. The standard InChI is InChI=1S/C15H13FN6O2/c16-10-2-1-3-11-13(10)14(21-20-11)19-15(24)8-4-12(23)22(7-8)9-5-17-18-6-9/h1-3,5-6,8H,4,7H2,(H,17,18)(H2,19,20,21,24)/t8-/m1/s1. The van der Waals surface area contributed by atoms with Gasteiger partial charge >= 0.3 is 0 Å². The fraction of sp³-hybridized carbons (Fsp3) is 0.200. The van der Waals surface area contributed by atoms with Crippen molar-refractivity contribution in [3.8, 4) is 0 Å². The van der Waals surface area contributed by atoms with Crippen LogP contribution in [-0.2, 0) is 9.59 Å². The molecule has 3 aromatic rings. The average Bonchev–Trinajstić information content (AvgIpc) is 3.27. The summed E-state index contributed by atoms with van der Waals surface area (Å²) >= 11 is 0. The first kappa shape index (κ1) is 14.4. The molecule has 122 valence electrons. The van der Waals surface area contributed by atoms with Crippen molar-refractivity contribution in [2.75, 3.05) is 16.8 Å². The zero-order chi connectivity index (χ0) is 16.7. The average molecular weight is 328 g/mol. The first-order valence-electron chi connectivity index (χ1n) is 7.36. The highest BCUT2D eigenvalue weighted by molar-refractivity contribution is 6.05. The molecule has 1 aliphatic rings. The maximum Gasteiger partial charge on any atom is 0.231 e. The molecule has 4 rings (SSSR count). The molecular weight excluding hydrogens is 315 g/mol. The third-order valence-corrected chi connectivity index (χ3v) is 4.07. The predicted molar refractivity (Wildman–Crippen MR) is 83.7 cm³/mol. The molecule has 1 aliphatic heterocycles. The summed E-state index contributed by atoms with van der Waals surface area (Å²) < 4.78 is 13.9. The Hall–Kier alpha value is -3.23. The van der Waals surface area contributed by atoms with Gasteiger partial charge in [-0.1, -0.05) is 6.07 Å². The molecule has 1 fully saturated rings. The Morgan fingerprint density at radius 3 is 3.08 bits per heavy atom.